The molecule has 0 aliphatic carbocycles. The maximum atomic E-state index is 13.2. The third kappa shape index (κ3) is 8.13. The summed E-state index contributed by atoms with van der Waals surface area (Å²) < 4.78 is 13.2. The smallest absolute Gasteiger partial charge is 0.252 e. The van der Waals surface area contributed by atoms with E-state index in [2.05, 4.69) is 20.9 Å². The van der Waals surface area contributed by atoms with E-state index in [1.807, 2.05) is 13.0 Å². The monoisotopic (exact) mass is 504 g/mol. The van der Waals surface area contributed by atoms with Crippen molar-refractivity contribution in [3.8, 4) is 0 Å². The Morgan fingerprint density at radius 2 is 1.81 bits per heavy atom. The van der Waals surface area contributed by atoms with Crippen LogP contribution in [0.1, 0.15) is 22.8 Å². The van der Waals surface area contributed by atoms with Crippen LogP contribution in [0.4, 0.5) is 4.39 Å². The lowest BCUT2D eigenvalue weighted by Gasteiger charge is -2.12. The van der Waals surface area contributed by atoms with Crippen molar-refractivity contribution in [3.05, 3.63) is 70.5 Å². The maximum absolute atomic E-state index is 13.2. The minimum Gasteiger partial charge on any atom is -0.357 e. The normalized spacial score (nSPS) is 10.7. The highest BCUT2D eigenvalue weighted by Crippen LogP contribution is 2.14. The molecule has 0 heterocycles. The Labute approximate surface area is 180 Å². The van der Waals surface area contributed by atoms with E-state index >= 15 is 0 Å². The number of halogens is 3. The maximum Gasteiger partial charge on any atom is 0.252 e. The molecule has 146 valence electrons. The number of benzene rings is 2. The highest BCUT2D eigenvalue weighted by molar-refractivity contribution is 14.0. The van der Waals surface area contributed by atoms with Crippen molar-refractivity contribution in [2.24, 2.45) is 4.99 Å². The van der Waals surface area contributed by atoms with Gasteiger partial charge in [0.15, 0.2) is 5.96 Å². The number of hydrogen-bond acceptors (Lipinski definition) is 2. The molecule has 27 heavy (non-hydrogen) atoms. The van der Waals surface area contributed by atoms with Crippen LogP contribution in [-0.2, 0) is 6.54 Å². The van der Waals surface area contributed by atoms with E-state index in [1.165, 1.54) is 12.1 Å². The van der Waals surface area contributed by atoms with Gasteiger partial charge in [0.05, 0.1) is 17.1 Å². The van der Waals surface area contributed by atoms with E-state index in [4.69, 9.17) is 11.6 Å². The van der Waals surface area contributed by atoms with Gasteiger partial charge in [-0.25, -0.2) is 9.38 Å². The molecule has 1 amide bonds. The molecule has 2 aromatic rings. The van der Waals surface area contributed by atoms with Gasteiger partial charge in [-0.1, -0.05) is 35.9 Å². The first kappa shape index (κ1) is 23.2. The van der Waals surface area contributed by atoms with Crippen molar-refractivity contribution < 1.29 is 9.18 Å². The molecular formula is C19H23ClFIN4O. The molecule has 0 fully saturated rings. The minimum absolute atomic E-state index is 0. The van der Waals surface area contributed by atoms with E-state index in [0.717, 1.165) is 5.56 Å². The van der Waals surface area contributed by atoms with Crippen LogP contribution in [0, 0.1) is 5.82 Å². The Balaban J connectivity index is 0.00000364. The predicted octanol–water partition coefficient (Wildman–Crippen LogP) is 3.58. The van der Waals surface area contributed by atoms with Crippen LogP contribution in [0.3, 0.4) is 0 Å². The Hall–Kier alpha value is -1.87. The minimum atomic E-state index is -0.280. The van der Waals surface area contributed by atoms with Gasteiger partial charge in [-0.05, 0) is 36.8 Å². The molecule has 0 unspecified atom stereocenters. The first-order chi connectivity index (χ1) is 12.6. The van der Waals surface area contributed by atoms with Crippen LogP contribution in [0.25, 0.3) is 0 Å². The van der Waals surface area contributed by atoms with Crippen molar-refractivity contribution >= 4 is 47.4 Å². The van der Waals surface area contributed by atoms with E-state index in [9.17, 15) is 9.18 Å². The van der Waals surface area contributed by atoms with Crippen LogP contribution in [0.2, 0.25) is 5.02 Å². The number of hydrogen-bond donors (Lipinski definition) is 3. The molecule has 0 saturated carbocycles. The summed E-state index contributed by atoms with van der Waals surface area (Å²) in [5.74, 6) is 0.0980. The van der Waals surface area contributed by atoms with Gasteiger partial charge >= 0.3 is 0 Å². The molecule has 3 N–H and O–H groups in total. The standard InChI is InChI=1S/C19H22ClFN4O.HI/c1-2-22-19(25-13-14-6-5-7-15(21)12-14)24-11-10-23-18(26)16-8-3-4-9-17(16)20;/h3-9,12H,2,10-11,13H2,1H3,(H,23,26)(H2,22,24,25);1H. The van der Waals surface area contributed by atoms with Crippen LogP contribution in [0.15, 0.2) is 53.5 Å². The summed E-state index contributed by atoms with van der Waals surface area (Å²) in [4.78, 5) is 16.5. The molecule has 0 spiro atoms. The zero-order valence-corrected chi connectivity index (χ0v) is 18.1. The van der Waals surface area contributed by atoms with Gasteiger partial charge < -0.3 is 16.0 Å². The summed E-state index contributed by atoms with van der Waals surface area (Å²) in [5.41, 5.74) is 1.23. The van der Waals surface area contributed by atoms with Gasteiger partial charge in [0.25, 0.3) is 5.91 Å². The molecule has 0 aliphatic rings. The SMILES string of the molecule is CCNC(=NCc1cccc(F)c1)NCCNC(=O)c1ccccc1Cl.I. The molecule has 5 nitrogen and oxygen atoms in total. The summed E-state index contributed by atoms with van der Waals surface area (Å²) >= 11 is 6.00. The summed E-state index contributed by atoms with van der Waals surface area (Å²) in [6, 6.07) is 13.2. The molecule has 0 radical (unpaired) electrons. The van der Waals surface area contributed by atoms with Crippen molar-refractivity contribution in [1.29, 1.82) is 0 Å². The zero-order chi connectivity index (χ0) is 18.8. The Bertz CT molecular complexity index is 773. The number of amides is 1. The Kier molecular flexibility index (Phi) is 10.7. The molecule has 2 rings (SSSR count). The fraction of sp³-hybridized carbons (Fsp3) is 0.263. The Morgan fingerprint density at radius 3 is 2.52 bits per heavy atom. The average Bonchev–Trinajstić information content (AvgIpc) is 2.63. The summed E-state index contributed by atoms with van der Waals surface area (Å²) in [6.45, 7) is 3.91. The van der Waals surface area contributed by atoms with Crippen LogP contribution >= 0.6 is 35.6 Å². The fourth-order valence-electron chi connectivity index (χ4n) is 2.24. The van der Waals surface area contributed by atoms with Crippen molar-refractivity contribution in [2.45, 2.75) is 13.5 Å². The Morgan fingerprint density at radius 1 is 1.07 bits per heavy atom. The number of carbonyl (C=O) groups excluding carboxylic acids is 1. The van der Waals surface area contributed by atoms with Crippen molar-refractivity contribution in [2.75, 3.05) is 19.6 Å². The van der Waals surface area contributed by atoms with Gasteiger partial charge in [-0.2, -0.15) is 0 Å². The number of carbonyl (C=O) groups is 1. The number of nitrogens with one attached hydrogen (secondary N) is 3. The van der Waals surface area contributed by atoms with Crippen LogP contribution < -0.4 is 16.0 Å². The van der Waals surface area contributed by atoms with Crippen LogP contribution in [-0.4, -0.2) is 31.5 Å². The van der Waals surface area contributed by atoms with Crippen molar-refractivity contribution in [3.63, 3.8) is 0 Å². The molecule has 0 aromatic heterocycles. The van der Waals surface area contributed by atoms with Gasteiger partial charge in [-0.3, -0.25) is 4.79 Å². The lowest BCUT2D eigenvalue weighted by atomic mass is 10.2. The quantitative estimate of drug-likeness (QED) is 0.234. The average molecular weight is 505 g/mol. The topological polar surface area (TPSA) is 65.5 Å². The highest BCUT2D eigenvalue weighted by atomic mass is 127. The fourth-order valence-corrected chi connectivity index (χ4v) is 2.47. The molecule has 0 saturated heterocycles. The number of rotatable bonds is 7. The summed E-state index contributed by atoms with van der Waals surface area (Å²) in [6.07, 6.45) is 0. The van der Waals surface area contributed by atoms with Gasteiger partial charge in [0, 0.05) is 19.6 Å². The second-order valence-corrected chi connectivity index (χ2v) is 5.89. The summed E-state index contributed by atoms with van der Waals surface area (Å²) in [5, 5.41) is 9.45. The second kappa shape index (κ2) is 12.5. The first-order valence-corrected chi connectivity index (χ1v) is 8.77. The highest BCUT2D eigenvalue weighted by Gasteiger charge is 2.08. The van der Waals surface area contributed by atoms with Gasteiger partial charge in [0.2, 0.25) is 0 Å². The molecular weight excluding hydrogens is 482 g/mol. The van der Waals surface area contributed by atoms with E-state index in [1.54, 1.807) is 30.3 Å². The third-order valence-corrected chi connectivity index (χ3v) is 3.80. The van der Waals surface area contributed by atoms with E-state index < -0.39 is 0 Å². The molecule has 8 heteroatoms. The lowest BCUT2D eigenvalue weighted by Crippen LogP contribution is -2.41. The second-order valence-electron chi connectivity index (χ2n) is 5.49. The number of nitrogens with zero attached hydrogens (tertiary/aromatic N) is 1. The summed E-state index contributed by atoms with van der Waals surface area (Å²) in [7, 11) is 0. The molecule has 2 aromatic carbocycles. The van der Waals surface area contributed by atoms with E-state index in [-0.39, 0.29) is 35.7 Å². The third-order valence-electron chi connectivity index (χ3n) is 3.47. The molecule has 0 bridgehead atoms. The first-order valence-electron chi connectivity index (χ1n) is 8.39. The van der Waals surface area contributed by atoms with Crippen molar-refractivity contribution in [1.82, 2.24) is 16.0 Å². The largest absolute Gasteiger partial charge is 0.357 e. The predicted molar refractivity (Wildman–Crippen MR) is 118 cm³/mol. The van der Waals surface area contributed by atoms with Gasteiger partial charge in [-0.15, -0.1) is 24.0 Å². The lowest BCUT2D eigenvalue weighted by molar-refractivity contribution is 0.0954. The van der Waals surface area contributed by atoms with E-state index in [0.29, 0.717) is 42.7 Å². The zero-order valence-electron chi connectivity index (χ0n) is 15.0. The van der Waals surface area contributed by atoms with Crippen LogP contribution in [0.5, 0.6) is 0 Å². The number of guanidine groups is 1. The van der Waals surface area contributed by atoms with Gasteiger partial charge in [0.1, 0.15) is 5.82 Å². The molecule has 0 atom stereocenters. The number of aliphatic imine (C=N–C) groups is 1. The molecule has 0 aliphatic heterocycles.